The third-order valence-corrected chi connectivity index (χ3v) is 9.88. The predicted octanol–water partition coefficient (Wildman–Crippen LogP) is 9.07. The third-order valence-electron chi connectivity index (χ3n) is 9.88. The summed E-state index contributed by atoms with van der Waals surface area (Å²) in [6.07, 6.45) is 0. The van der Waals surface area contributed by atoms with Gasteiger partial charge in [-0.2, -0.15) is 0 Å². The minimum Gasteiger partial charge on any atom is -0.376 e. The number of aryl methyl sites for hydroxylation is 2. The average Bonchev–Trinajstić information content (AvgIpc) is 3.46. The number of hydrogen-bond acceptors (Lipinski definition) is 0. The number of hydrogen-bond donors (Lipinski definition) is 0. The van der Waals surface area contributed by atoms with E-state index < -0.39 is 0 Å². The Kier molecular flexibility index (Phi) is 5.32. The van der Waals surface area contributed by atoms with Gasteiger partial charge in [-0.05, 0) is 76.6 Å². The molecule has 0 saturated heterocycles. The van der Waals surface area contributed by atoms with E-state index in [9.17, 15) is 0 Å². The van der Waals surface area contributed by atoms with E-state index in [0.717, 1.165) is 0 Å². The second-order valence-corrected chi connectivity index (χ2v) is 14.8. The summed E-state index contributed by atoms with van der Waals surface area (Å²) in [6.45, 7) is 18.5. The van der Waals surface area contributed by atoms with Crippen LogP contribution < -0.4 is 10.9 Å². The quantitative estimate of drug-likeness (QED) is 0.178. The molecule has 8 rings (SSSR count). The van der Waals surface area contributed by atoms with E-state index in [1.807, 2.05) is 0 Å². The summed E-state index contributed by atoms with van der Waals surface area (Å²) < 4.78 is 5.23. The number of para-hydroxylation sites is 1. The first-order valence-corrected chi connectivity index (χ1v) is 15.7. The molecule has 1 aliphatic heterocycles. The van der Waals surface area contributed by atoms with Crippen molar-refractivity contribution in [2.45, 2.75) is 66.2 Å². The summed E-state index contributed by atoms with van der Waals surface area (Å²) in [5.74, 6) is 0. The van der Waals surface area contributed by atoms with Gasteiger partial charge in [0.1, 0.15) is 0 Å². The number of benzene rings is 5. The van der Waals surface area contributed by atoms with Gasteiger partial charge in [0.15, 0.2) is 0 Å². The van der Waals surface area contributed by atoms with Gasteiger partial charge in [-0.3, -0.25) is 0 Å². The summed E-state index contributed by atoms with van der Waals surface area (Å²) in [5, 5.41) is 5.31. The summed E-state index contributed by atoms with van der Waals surface area (Å²) in [6, 6.07) is 35.1. The number of nitrogens with zero attached hydrogens (tertiary/aromatic N) is 2. The average molecular weight is 559 g/mol. The standard InChI is InChI=1S/C40H39BN2/c1-24-13-17-30-31-18-14-25(2)37-38(31)42(34(30)21-24)33-12-10-9-11-32(33)41(37)43-35-22-26(39(3,4)5)15-19-28(35)29-20-16-27(23-36(29)43)40(6,7)8/h9-23H,1-8H3. The fourth-order valence-corrected chi connectivity index (χ4v) is 7.54. The second kappa shape index (κ2) is 8.66. The van der Waals surface area contributed by atoms with Gasteiger partial charge in [0.25, 0.3) is 0 Å². The van der Waals surface area contributed by atoms with Gasteiger partial charge in [0.05, 0.1) is 11.0 Å². The summed E-state index contributed by atoms with van der Waals surface area (Å²) in [4.78, 5) is 0. The van der Waals surface area contributed by atoms with Crippen LogP contribution >= 0.6 is 0 Å². The molecule has 2 nitrogen and oxygen atoms in total. The van der Waals surface area contributed by atoms with Crippen molar-refractivity contribution in [3.05, 3.63) is 113 Å². The minimum absolute atomic E-state index is 0.0447. The Balaban J connectivity index is 1.59. The lowest BCUT2D eigenvalue weighted by Gasteiger charge is -2.30. The Hall–Kier alpha value is -4.24. The zero-order valence-electron chi connectivity index (χ0n) is 26.6. The van der Waals surface area contributed by atoms with E-state index in [-0.39, 0.29) is 17.7 Å². The molecule has 0 radical (unpaired) electrons. The van der Waals surface area contributed by atoms with Crippen LogP contribution in [0.1, 0.15) is 63.8 Å². The number of fused-ring (bicyclic) bond motifs is 8. The zero-order valence-corrected chi connectivity index (χ0v) is 26.6. The topological polar surface area (TPSA) is 9.86 Å². The van der Waals surface area contributed by atoms with E-state index in [4.69, 9.17) is 0 Å². The van der Waals surface area contributed by atoms with Crippen molar-refractivity contribution in [1.29, 1.82) is 0 Å². The molecular formula is C40H39BN2. The highest BCUT2D eigenvalue weighted by Gasteiger charge is 2.37. The largest absolute Gasteiger partial charge is 0.376 e. The van der Waals surface area contributed by atoms with E-state index in [2.05, 4.69) is 155 Å². The van der Waals surface area contributed by atoms with Crippen LogP contribution in [-0.2, 0) is 10.8 Å². The maximum atomic E-state index is 2.68. The van der Waals surface area contributed by atoms with E-state index in [1.165, 1.54) is 82.5 Å². The predicted molar refractivity (Wildman–Crippen MR) is 188 cm³/mol. The molecule has 43 heavy (non-hydrogen) atoms. The molecule has 0 bridgehead atoms. The molecular weight excluding hydrogens is 519 g/mol. The molecule has 0 spiro atoms. The van der Waals surface area contributed by atoms with Crippen molar-refractivity contribution < 1.29 is 0 Å². The summed E-state index contributed by atoms with van der Waals surface area (Å²) in [5.41, 5.74) is 14.8. The van der Waals surface area contributed by atoms with Crippen LogP contribution in [0, 0.1) is 13.8 Å². The normalized spacial score (nSPS) is 13.5. The lowest BCUT2D eigenvalue weighted by Crippen LogP contribution is -2.54. The van der Waals surface area contributed by atoms with Crippen LogP contribution in [0.4, 0.5) is 0 Å². The van der Waals surface area contributed by atoms with Crippen molar-refractivity contribution in [3.8, 4) is 5.69 Å². The van der Waals surface area contributed by atoms with E-state index >= 15 is 0 Å². The van der Waals surface area contributed by atoms with Crippen LogP contribution in [-0.4, -0.2) is 15.9 Å². The van der Waals surface area contributed by atoms with Crippen LogP contribution in [0.15, 0.2) is 91.0 Å². The monoisotopic (exact) mass is 558 g/mol. The highest BCUT2D eigenvalue weighted by atomic mass is 15.0. The molecule has 3 heteroatoms. The molecule has 0 amide bonds. The molecule has 0 fully saturated rings. The summed E-state index contributed by atoms with van der Waals surface area (Å²) in [7, 11) is 0. The van der Waals surface area contributed by atoms with Gasteiger partial charge in [-0.1, -0.05) is 114 Å². The molecule has 2 aromatic heterocycles. The van der Waals surface area contributed by atoms with Gasteiger partial charge in [0, 0.05) is 38.3 Å². The molecule has 0 unspecified atom stereocenters. The first-order valence-electron chi connectivity index (χ1n) is 15.7. The second-order valence-electron chi connectivity index (χ2n) is 14.8. The van der Waals surface area contributed by atoms with Gasteiger partial charge in [-0.25, -0.2) is 0 Å². The minimum atomic E-state index is 0.0447. The first kappa shape index (κ1) is 26.4. The Morgan fingerprint density at radius 3 is 1.74 bits per heavy atom. The molecule has 5 aromatic carbocycles. The molecule has 212 valence electrons. The Bertz CT molecular complexity index is 2210. The summed E-state index contributed by atoms with van der Waals surface area (Å²) >= 11 is 0. The zero-order chi connectivity index (χ0) is 30.0. The molecule has 0 atom stereocenters. The van der Waals surface area contributed by atoms with Crippen LogP contribution in [0.25, 0.3) is 49.3 Å². The molecule has 7 aromatic rings. The highest BCUT2D eigenvalue weighted by molar-refractivity contribution is 6.88. The number of rotatable bonds is 1. The van der Waals surface area contributed by atoms with E-state index in [1.54, 1.807) is 0 Å². The molecule has 0 saturated carbocycles. The van der Waals surface area contributed by atoms with Crippen LogP contribution in [0.3, 0.4) is 0 Å². The van der Waals surface area contributed by atoms with Crippen molar-refractivity contribution in [2.75, 3.05) is 0 Å². The lowest BCUT2D eigenvalue weighted by molar-refractivity contribution is 0.591. The van der Waals surface area contributed by atoms with Crippen molar-refractivity contribution in [1.82, 2.24) is 9.05 Å². The molecule has 0 aliphatic carbocycles. The maximum absolute atomic E-state index is 2.68. The number of aromatic nitrogens is 2. The molecule has 3 heterocycles. The van der Waals surface area contributed by atoms with Gasteiger partial charge < -0.3 is 9.05 Å². The lowest BCUT2D eigenvalue weighted by atomic mass is 9.47. The third kappa shape index (κ3) is 3.67. The fourth-order valence-electron chi connectivity index (χ4n) is 7.54. The molecule has 1 aliphatic rings. The Morgan fingerprint density at radius 2 is 1.12 bits per heavy atom. The van der Waals surface area contributed by atoms with Crippen molar-refractivity contribution >= 4 is 61.4 Å². The smallest absolute Gasteiger partial charge is 0.332 e. The Labute approximate surface area is 255 Å². The van der Waals surface area contributed by atoms with Crippen LogP contribution in [0.2, 0.25) is 0 Å². The van der Waals surface area contributed by atoms with Crippen molar-refractivity contribution in [3.63, 3.8) is 0 Å². The first-order chi connectivity index (χ1) is 20.4. The van der Waals surface area contributed by atoms with Gasteiger partial charge in [0.2, 0.25) is 0 Å². The Morgan fingerprint density at radius 1 is 0.558 bits per heavy atom. The molecule has 0 N–H and O–H groups in total. The highest BCUT2D eigenvalue weighted by Crippen LogP contribution is 2.39. The van der Waals surface area contributed by atoms with Gasteiger partial charge in [-0.15, -0.1) is 0 Å². The fraction of sp³-hybridized carbons (Fsp3) is 0.250. The maximum Gasteiger partial charge on any atom is 0.332 e. The van der Waals surface area contributed by atoms with Crippen molar-refractivity contribution in [2.24, 2.45) is 0 Å². The van der Waals surface area contributed by atoms with Crippen LogP contribution in [0.5, 0.6) is 0 Å². The van der Waals surface area contributed by atoms with E-state index in [0.29, 0.717) is 0 Å². The SMILES string of the molecule is Cc1ccc2c3ccc(C)c4c3n(c2c1)-c1ccccc1B4n1c2cc(C(C)(C)C)ccc2c2ccc(C(C)(C)C)cc21. The van der Waals surface area contributed by atoms with Gasteiger partial charge >= 0.3 is 6.85 Å².